The van der Waals surface area contributed by atoms with Crippen LogP contribution in [-0.4, -0.2) is 81.9 Å². The maximum atomic E-state index is 11.9. The van der Waals surface area contributed by atoms with Crippen molar-refractivity contribution in [1.82, 2.24) is 14.5 Å². The van der Waals surface area contributed by atoms with Crippen molar-refractivity contribution < 1.29 is 13.2 Å². The van der Waals surface area contributed by atoms with Crippen molar-refractivity contribution in [2.45, 2.75) is 13.0 Å². The van der Waals surface area contributed by atoms with E-state index in [1.165, 1.54) is 0 Å². The van der Waals surface area contributed by atoms with Crippen molar-refractivity contribution in [3.8, 4) is 0 Å². The molecule has 2 aliphatic heterocycles. The first-order valence-corrected chi connectivity index (χ1v) is 8.24. The molecule has 2 heterocycles. The summed E-state index contributed by atoms with van der Waals surface area (Å²) < 4.78 is 30.6. The average Bonchev–Trinajstić information content (AvgIpc) is 2.28. The molecule has 0 amide bonds. The lowest BCUT2D eigenvalue weighted by Crippen LogP contribution is -2.64. The van der Waals surface area contributed by atoms with Crippen LogP contribution in [0.2, 0.25) is 0 Å². The van der Waals surface area contributed by atoms with Gasteiger partial charge < -0.3 is 10.1 Å². The Hall–Kier alpha value is -0.210. The van der Waals surface area contributed by atoms with Crippen LogP contribution in [0.4, 0.5) is 0 Å². The van der Waals surface area contributed by atoms with E-state index in [0.717, 1.165) is 26.2 Å². The van der Waals surface area contributed by atoms with Gasteiger partial charge in [0.15, 0.2) is 0 Å². The quantitative estimate of drug-likeness (QED) is 0.627. The third kappa shape index (κ3) is 3.42. The van der Waals surface area contributed by atoms with Crippen molar-refractivity contribution >= 4 is 10.0 Å². The first kappa shape index (κ1) is 14.2. The molecule has 0 atom stereocenters. The summed E-state index contributed by atoms with van der Waals surface area (Å²) in [7, 11) is -3.10. The minimum Gasteiger partial charge on any atom is -0.381 e. The fraction of sp³-hybridized carbons (Fsp3) is 1.00. The summed E-state index contributed by atoms with van der Waals surface area (Å²) in [6.07, 6.45) is 0. The van der Waals surface area contributed by atoms with Crippen LogP contribution in [-0.2, 0) is 14.8 Å². The van der Waals surface area contributed by atoms with E-state index in [1.807, 2.05) is 6.92 Å². The maximum Gasteiger partial charge on any atom is 0.216 e. The van der Waals surface area contributed by atoms with Gasteiger partial charge in [0.05, 0.1) is 12.4 Å². The van der Waals surface area contributed by atoms with E-state index in [0.29, 0.717) is 32.3 Å². The van der Waals surface area contributed by atoms with Crippen LogP contribution in [0.15, 0.2) is 0 Å². The monoisotopic (exact) mass is 277 g/mol. The molecular formula is C11H23N3O3S. The van der Waals surface area contributed by atoms with Crippen LogP contribution in [0.5, 0.6) is 0 Å². The van der Waals surface area contributed by atoms with Crippen LogP contribution in [0.3, 0.4) is 0 Å². The molecule has 7 heteroatoms. The summed E-state index contributed by atoms with van der Waals surface area (Å²) in [6, 6.07) is 0.411. The normalized spacial score (nSPS) is 24.1. The highest BCUT2D eigenvalue weighted by molar-refractivity contribution is 7.89. The first-order valence-electron chi connectivity index (χ1n) is 6.64. The van der Waals surface area contributed by atoms with Gasteiger partial charge >= 0.3 is 0 Å². The Bertz CT molecular complexity index is 349. The fourth-order valence-electron chi connectivity index (χ4n) is 2.36. The third-order valence-electron chi connectivity index (χ3n) is 3.58. The lowest BCUT2D eigenvalue weighted by molar-refractivity contribution is 0.0764. The van der Waals surface area contributed by atoms with Gasteiger partial charge in [0, 0.05) is 51.9 Å². The van der Waals surface area contributed by atoms with Crippen LogP contribution in [0.1, 0.15) is 6.92 Å². The lowest BCUT2D eigenvalue weighted by atomic mass is 10.1. The first-order chi connectivity index (χ1) is 8.63. The highest BCUT2D eigenvalue weighted by Crippen LogP contribution is 2.19. The summed E-state index contributed by atoms with van der Waals surface area (Å²) >= 11 is 0. The van der Waals surface area contributed by atoms with Crippen molar-refractivity contribution in [3.05, 3.63) is 0 Å². The van der Waals surface area contributed by atoms with Gasteiger partial charge in [0.1, 0.15) is 0 Å². The Kier molecular flexibility index (Phi) is 4.97. The van der Waals surface area contributed by atoms with Gasteiger partial charge in [0.2, 0.25) is 10.0 Å². The van der Waals surface area contributed by atoms with Gasteiger partial charge in [-0.15, -0.1) is 0 Å². The van der Waals surface area contributed by atoms with Crippen LogP contribution >= 0.6 is 0 Å². The molecule has 2 saturated heterocycles. The van der Waals surface area contributed by atoms with Gasteiger partial charge in [-0.3, -0.25) is 4.90 Å². The number of hydrogen-bond donors (Lipinski definition) is 1. The molecule has 6 nitrogen and oxygen atoms in total. The molecule has 2 aliphatic rings. The van der Waals surface area contributed by atoms with E-state index in [9.17, 15) is 8.42 Å². The topological polar surface area (TPSA) is 61.9 Å². The number of hydrogen-bond acceptors (Lipinski definition) is 5. The molecule has 0 aromatic rings. The van der Waals surface area contributed by atoms with Gasteiger partial charge in [-0.25, -0.2) is 8.42 Å². The number of ether oxygens (including phenoxy) is 1. The Morgan fingerprint density at radius 1 is 1.28 bits per heavy atom. The number of nitrogens with zero attached hydrogens (tertiary/aromatic N) is 2. The van der Waals surface area contributed by atoms with Crippen molar-refractivity contribution in [2.24, 2.45) is 0 Å². The summed E-state index contributed by atoms with van der Waals surface area (Å²) in [6.45, 7) is 8.10. The Labute approximate surface area is 109 Å². The SMILES string of the molecule is CCOCCS(=O)(=O)N1CC(N2CCNCC2)C1. The molecule has 0 spiro atoms. The van der Waals surface area contributed by atoms with Gasteiger partial charge in [-0.1, -0.05) is 0 Å². The predicted molar refractivity (Wildman–Crippen MR) is 70.1 cm³/mol. The van der Waals surface area contributed by atoms with E-state index in [4.69, 9.17) is 4.74 Å². The molecule has 0 unspecified atom stereocenters. The summed E-state index contributed by atoms with van der Waals surface area (Å²) in [5.41, 5.74) is 0. The second-order valence-electron chi connectivity index (χ2n) is 4.77. The van der Waals surface area contributed by atoms with Gasteiger partial charge in [0.25, 0.3) is 0 Å². The van der Waals surface area contributed by atoms with E-state index in [1.54, 1.807) is 4.31 Å². The molecule has 0 aromatic carbocycles. The third-order valence-corrected chi connectivity index (χ3v) is 5.35. The van der Waals surface area contributed by atoms with Crippen LogP contribution < -0.4 is 5.32 Å². The Morgan fingerprint density at radius 2 is 1.94 bits per heavy atom. The number of piperazine rings is 1. The second-order valence-corrected chi connectivity index (χ2v) is 6.86. The largest absolute Gasteiger partial charge is 0.381 e. The zero-order chi connectivity index (χ0) is 13.0. The second kappa shape index (κ2) is 6.29. The molecule has 0 radical (unpaired) electrons. The Morgan fingerprint density at radius 3 is 2.56 bits per heavy atom. The van der Waals surface area contributed by atoms with E-state index in [-0.39, 0.29) is 5.75 Å². The number of sulfonamides is 1. The van der Waals surface area contributed by atoms with Crippen molar-refractivity contribution in [3.63, 3.8) is 0 Å². The molecule has 2 fully saturated rings. The summed E-state index contributed by atoms with van der Waals surface area (Å²) in [5.74, 6) is 0.106. The molecule has 1 N–H and O–H groups in total. The van der Waals surface area contributed by atoms with Crippen LogP contribution in [0.25, 0.3) is 0 Å². The molecular weight excluding hydrogens is 254 g/mol. The van der Waals surface area contributed by atoms with Gasteiger partial charge in [-0.05, 0) is 6.92 Å². The lowest BCUT2D eigenvalue weighted by Gasteiger charge is -2.45. The number of nitrogens with one attached hydrogen (secondary N) is 1. The average molecular weight is 277 g/mol. The van der Waals surface area contributed by atoms with E-state index >= 15 is 0 Å². The zero-order valence-corrected chi connectivity index (χ0v) is 11.8. The minimum absolute atomic E-state index is 0.106. The fourth-order valence-corrected chi connectivity index (χ4v) is 3.74. The molecule has 18 heavy (non-hydrogen) atoms. The highest BCUT2D eigenvalue weighted by atomic mass is 32.2. The van der Waals surface area contributed by atoms with Gasteiger partial charge in [-0.2, -0.15) is 4.31 Å². The predicted octanol–water partition coefficient (Wildman–Crippen LogP) is -1.06. The van der Waals surface area contributed by atoms with Crippen molar-refractivity contribution in [2.75, 3.05) is 58.2 Å². The zero-order valence-electron chi connectivity index (χ0n) is 11.0. The maximum absolute atomic E-state index is 11.9. The number of rotatable bonds is 6. The summed E-state index contributed by atoms with van der Waals surface area (Å²) in [4.78, 5) is 2.38. The van der Waals surface area contributed by atoms with Crippen molar-refractivity contribution in [1.29, 1.82) is 0 Å². The molecule has 0 saturated carbocycles. The highest BCUT2D eigenvalue weighted by Gasteiger charge is 2.38. The minimum atomic E-state index is -3.10. The molecule has 106 valence electrons. The standard InChI is InChI=1S/C11H23N3O3S/c1-2-17-7-8-18(15,16)14-9-11(10-14)13-5-3-12-4-6-13/h11-12H,2-10H2,1H3. The van der Waals surface area contributed by atoms with Crippen LogP contribution in [0, 0.1) is 0 Å². The molecule has 0 bridgehead atoms. The molecule has 2 rings (SSSR count). The molecule has 0 aliphatic carbocycles. The molecule has 0 aromatic heterocycles. The smallest absolute Gasteiger partial charge is 0.216 e. The Balaban J connectivity index is 1.73. The van der Waals surface area contributed by atoms with E-state index < -0.39 is 10.0 Å². The summed E-state index contributed by atoms with van der Waals surface area (Å²) in [5, 5.41) is 3.30. The van der Waals surface area contributed by atoms with E-state index in [2.05, 4.69) is 10.2 Å².